The average molecular weight is 291 g/mol. The fraction of sp³-hybridized carbons (Fsp3) is 0.600. The summed E-state index contributed by atoms with van der Waals surface area (Å²) in [4.78, 5) is 11.1. The molecule has 0 saturated carbocycles. The van der Waals surface area contributed by atoms with Gasteiger partial charge in [0.25, 0.3) is 0 Å². The van der Waals surface area contributed by atoms with E-state index in [1.807, 2.05) is 19.2 Å². The van der Waals surface area contributed by atoms with Gasteiger partial charge in [-0.25, -0.2) is 9.98 Å². The topological polar surface area (TPSA) is 75.8 Å². The van der Waals surface area contributed by atoms with Gasteiger partial charge in [-0.3, -0.25) is 0 Å². The predicted molar refractivity (Wildman–Crippen MR) is 85.5 cm³/mol. The van der Waals surface area contributed by atoms with Crippen molar-refractivity contribution in [2.45, 2.75) is 32.4 Å². The number of rotatable bonds is 6. The lowest BCUT2D eigenvalue weighted by molar-refractivity contribution is 0.179. The van der Waals surface area contributed by atoms with Gasteiger partial charge in [-0.15, -0.1) is 0 Å². The van der Waals surface area contributed by atoms with E-state index in [2.05, 4.69) is 26.3 Å². The third-order valence-electron chi connectivity index (χ3n) is 3.48. The van der Waals surface area contributed by atoms with E-state index in [1.165, 1.54) is 12.8 Å². The second-order valence-corrected chi connectivity index (χ2v) is 5.42. The zero-order valence-corrected chi connectivity index (χ0v) is 12.9. The number of ether oxygens (including phenoxy) is 1. The summed E-state index contributed by atoms with van der Waals surface area (Å²) in [7, 11) is 1.67. The number of nitrogens with two attached hydrogens (primary N) is 1. The fourth-order valence-electron chi connectivity index (χ4n) is 2.44. The summed E-state index contributed by atoms with van der Waals surface area (Å²) in [5.41, 5.74) is 6.99. The summed E-state index contributed by atoms with van der Waals surface area (Å²) < 4.78 is 5.05. The van der Waals surface area contributed by atoms with Crippen LogP contribution in [-0.2, 0) is 11.3 Å². The van der Waals surface area contributed by atoms with Crippen molar-refractivity contribution < 1.29 is 4.74 Å². The highest BCUT2D eigenvalue weighted by Gasteiger charge is 2.13. The van der Waals surface area contributed by atoms with E-state index in [0.29, 0.717) is 19.1 Å². The van der Waals surface area contributed by atoms with E-state index in [1.54, 1.807) is 7.11 Å². The largest absolute Gasteiger partial charge is 0.383 e. The van der Waals surface area contributed by atoms with Crippen LogP contribution >= 0.6 is 0 Å². The van der Waals surface area contributed by atoms with Crippen molar-refractivity contribution >= 4 is 11.8 Å². The molecular weight excluding hydrogens is 266 g/mol. The molecule has 1 aromatic heterocycles. The first-order valence-electron chi connectivity index (χ1n) is 7.44. The van der Waals surface area contributed by atoms with Gasteiger partial charge in [0.1, 0.15) is 5.82 Å². The lowest BCUT2D eigenvalue weighted by Crippen LogP contribution is -2.40. The van der Waals surface area contributed by atoms with Crippen LogP contribution in [0.15, 0.2) is 23.3 Å². The molecule has 0 aliphatic carbocycles. The molecule has 21 heavy (non-hydrogen) atoms. The summed E-state index contributed by atoms with van der Waals surface area (Å²) in [6, 6.07) is 4.23. The Bertz CT molecular complexity index is 471. The Morgan fingerprint density at radius 2 is 2.29 bits per heavy atom. The molecule has 1 aliphatic rings. The van der Waals surface area contributed by atoms with Crippen LogP contribution in [0, 0.1) is 0 Å². The Morgan fingerprint density at radius 1 is 1.52 bits per heavy atom. The van der Waals surface area contributed by atoms with Crippen LogP contribution in [-0.4, -0.2) is 43.8 Å². The summed E-state index contributed by atoms with van der Waals surface area (Å²) in [5.74, 6) is 1.48. The molecule has 2 rings (SSSR count). The van der Waals surface area contributed by atoms with Crippen molar-refractivity contribution in [2.75, 3.05) is 31.7 Å². The Balaban J connectivity index is 1.91. The van der Waals surface area contributed by atoms with Gasteiger partial charge in [-0.05, 0) is 37.5 Å². The predicted octanol–water partition coefficient (Wildman–Crippen LogP) is 1.12. The summed E-state index contributed by atoms with van der Waals surface area (Å²) >= 11 is 0. The zero-order chi connectivity index (χ0) is 15.1. The van der Waals surface area contributed by atoms with Gasteiger partial charge in [0.2, 0.25) is 0 Å². The first-order chi connectivity index (χ1) is 10.2. The molecule has 1 saturated heterocycles. The molecule has 0 aromatic carbocycles. The number of hydrogen-bond acceptors (Lipinski definition) is 4. The van der Waals surface area contributed by atoms with Gasteiger partial charge in [0, 0.05) is 32.4 Å². The summed E-state index contributed by atoms with van der Waals surface area (Å²) in [6.45, 7) is 5.35. The standard InChI is InChI=1S/C15H25N5O/c1-12(11-21-2)19-15(16)18-10-13-5-6-17-14(9-13)20-7-3-4-8-20/h5-6,9,12H,3-4,7-8,10-11H2,1-2H3,(H3,16,18,19). The number of guanidine groups is 1. The van der Waals surface area contributed by atoms with E-state index in [9.17, 15) is 0 Å². The highest BCUT2D eigenvalue weighted by Crippen LogP contribution is 2.18. The molecule has 1 fully saturated rings. The maximum atomic E-state index is 5.87. The molecule has 1 aliphatic heterocycles. The van der Waals surface area contributed by atoms with Crippen molar-refractivity contribution in [1.82, 2.24) is 10.3 Å². The van der Waals surface area contributed by atoms with Gasteiger partial charge in [0.15, 0.2) is 5.96 Å². The second-order valence-electron chi connectivity index (χ2n) is 5.42. The molecule has 2 heterocycles. The lowest BCUT2D eigenvalue weighted by Gasteiger charge is -2.16. The van der Waals surface area contributed by atoms with Crippen molar-refractivity contribution in [3.8, 4) is 0 Å². The molecule has 116 valence electrons. The van der Waals surface area contributed by atoms with Gasteiger partial charge < -0.3 is 20.7 Å². The van der Waals surface area contributed by atoms with Gasteiger partial charge >= 0.3 is 0 Å². The molecule has 1 atom stereocenters. The molecule has 0 bridgehead atoms. The Morgan fingerprint density at radius 3 is 3.00 bits per heavy atom. The van der Waals surface area contributed by atoms with Gasteiger partial charge in [-0.1, -0.05) is 0 Å². The number of aromatic nitrogens is 1. The van der Waals surface area contributed by atoms with Crippen LogP contribution < -0.4 is 16.0 Å². The molecule has 6 heteroatoms. The van der Waals surface area contributed by atoms with E-state index in [0.717, 1.165) is 24.5 Å². The minimum absolute atomic E-state index is 0.149. The number of hydrogen-bond donors (Lipinski definition) is 2. The molecular formula is C15H25N5O. The highest BCUT2D eigenvalue weighted by molar-refractivity contribution is 5.78. The van der Waals surface area contributed by atoms with E-state index >= 15 is 0 Å². The Kier molecular flexibility index (Phi) is 5.80. The van der Waals surface area contributed by atoms with Crippen LogP contribution in [0.5, 0.6) is 0 Å². The lowest BCUT2D eigenvalue weighted by atomic mass is 10.2. The monoisotopic (exact) mass is 291 g/mol. The van der Waals surface area contributed by atoms with Crippen molar-refractivity contribution in [1.29, 1.82) is 0 Å². The Labute approximate surface area is 126 Å². The zero-order valence-electron chi connectivity index (χ0n) is 12.9. The van der Waals surface area contributed by atoms with E-state index < -0.39 is 0 Å². The molecule has 6 nitrogen and oxygen atoms in total. The van der Waals surface area contributed by atoms with Crippen molar-refractivity contribution in [3.63, 3.8) is 0 Å². The molecule has 0 radical (unpaired) electrons. The SMILES string of the molecule is COCC(C)NC(N)=NCc1ccnc(N2CCCC2)c1. The van der Waals surface area contributed by atoms with Gasteiger partial charge in [-0.2, -0.15) is 0 Å². The fourth-order valence-corrected chi connectivity index (χ4v) is 2.44. The molecule has 0 amide bonds. The molecule has 1 unspecified atom stereocenters. The normalized spacial score (nSPS) is 17.0. The van der Waals surface area contributed by atoms with Crippen LogP contribution in [0.4, 0.5) is 5.82 Å². The minimum atomic E-state index is 0.149. The number of aliphatic imine (C=N–C) groups is 1. The Hall–Kier alpha value is -1.82. The number of methoxy groups -OCH3 is 1. The second kappa shape index (κ2) is 7.83. The van der Waals surface area contributed by atoms with Gasteiger partial charge in [0.05, 0.1) is 13.2 Å². The number of anilines is 1. The van der Waals surface area contributed by atoms with Crippen LogP contribution in [0.2, 0.25) is 0 Å². The summed E-state index contributed by atoms with van der Waals surface area (Å²) in [5, 5.41) is 3.10. The maximum absolute atomic E-state index is 5.87. The van der Waals surface area contributed by atoms with E-state index in [-0.39, 0.29) is 6.04 Å². The third kappa shape index (κ3) is 4.90. The first-order valence-corrected chi connectivity index (χ1v) is 7.44. The van der Waals surface area contributed by atoms with Crippen LogP contribution in [0.3, 0.4) is 0 Å². The highest BCUT2D eigenvalue weighted by atomic mass is 16.5. The van der Waals surface area contributed by atoms with E-state index in [4.69, 9.17) is 10.5 Å². The summed E-state index contributed by atoms with van der Waals surface area (Å²) in [6.07, 6.45) is 4.34. The molecule has 1 aromatic rings. The number of nitrogens with one attached hydrogen (secondary N) is 1. The average Bonchev–Trinajstić information content (AvgIpc) is 3.00. The molecule has 0 spiro atoms. The number of pyridine rings is 1. The van der Waals surface area contributed by atoms with Crippen LogP contribution in [0.25, 0.3) is 0 Å². The quantitative estimate of drug-likeness (QED) is 0.607. The minimum Gasteiger partial charge on any atom is -0.383 e. The third-order valence-corrected chi connectivity index (χ3v) is 3.48. The van der Waals surface area contributed by atoms with Crippen LogP contribution in [0.1, 0.15) is 25.3 Å². The smallest absolute Gasteiger partial charge is 0.189 e. The van der Waals surface area contributed by atoms with Crippen molar-refractivity contribution in [2.24, 2.45) is 10.7 Å². The first kappa shape index (κ1) is 15.6. The number of nitrogens with zero attached hydrogens (tertiary/aromatic N) is 3. The van der Waals surface area contributed by atoms with Crippen molar-refractivity contribution in [3.05, 3.63) is 23.9 Å². The molecule has 3 N–H and O–H groups in total. The maximum Gasteiger partial charge on any atom is 0.189 e.